The lowest BCUT2D eigenvalue weighted by Gasteiger charge is -2.40. The van der Waals surface area contributed by atoms with Crippen molar-refractivity contribution in [3.8, 4) is 0 Å². The zero-order valence-corrected chi connectivity index (χ0v) is 17.0. The van der Waals surface area contributed by atoms with Crippen molar-refractivity contribution >= 4 is 58.8 Å². The van der Waals surface area contributed by atoms with Crippen LogP contribution in [0.5, 0.6) is 0 Å². The zero-order valence-electron chi connectivity index (χ0n) is 13.1. The normalized spacial score (nSPS) is 24.5. The number of hydrogen-bond donors (Lipinski definition) is 2. The molecule has 0 aliphatic carbocycles. The Kier molecular flexibility index (Phi) is 6.56. The summed E-state index contributed by atoms with van der Waals surface area (Å²) in [6.45, 7) is 3.39. The highest BCUT2D eigenvalue weighted by atomic mass is 127. The van der Waals surface area contributed by atoms with E-state index < -0.39 is 0 Å². The van der Waals surface area contributed by atoms with Crippen LogP contribution in [-0.2, 0) is 11.3 Å². The van der Waals surface area contributed by atoms with Gasteiger partial charge in [0.05, 0.1) is 10.9 Å². The van der Waals surface area contributed by atoms with Crippen molar-refractivity contribution in [2.24, 2.45) is 10.4 Å². The SMILES string of the molecule is CN=C(NCc1ccc(Cl)s1)N1CCCC2(CNC(=O)C2)C1.I. The van der Waals surface area contributed by atoms with E-state index in [1.54, 1.807) is 11.3 Å². The van der Waals surface area contributed by atoms with E-state index in [0.717, 1.165) is 49.3 Å². The number of rotatable bonds is 2. The van der Waals surface area contributed by atoms with Crippen molar-refractivity contribution in [3.05, 3.63) is 21.3 Å². The molecule has 8 heteroatoms. The highest BCUT2D eigenvalue weighted by molar-refractivity contribution is 14.0. The van der Waals surface area contributed by atoms with Crippen LogP contribution in [0.15, 0.2) is 17.1 Å². The van der Waals surface area contributed by atoms with Gasteiger partial charge >= 0.3 is 0 Å². The third kappa shape index (κ3) is 4.51. The molecular weight excluding hydrogens is 447 g/mol. The molecule has 3 rings (SSSR count). The second-order valence-corrected chi connectivity index (χ2v) is 7.88. The van der Waals surface area contributed by atoms with Gasteiger partial charge in [0, 0.05) is 43.4 Å². The Balaban J connectivity index is 0.00000192. The Morgan fingerprint density at radius 3 is 3.00 bits per heavy atom. The Labute approximate surface area is 162 Å². The number of nitrogens with zero attached hydrogens (tertiary/aromatic N) is 2. The zero-order chi connectivity index (χ0) is 15.6. The summed E-state index contributed by atoms with van der Waals surface area (Å²) in [5.74, 6) is 1.08. The fourth-order valence-corrected chi connectivity index (χ4v) is 4.40. The minimum atomic E-state index is 0. The molecule has 2 fully saturated rings. The highest BCUT2D eigenvalue weighted by Gasteiger charge is 2.42. The fourth-order valence-electron chi connectivity index (χ4n) is 3.37. The maximum absolute atomic E-state index is 11.6. The van der Waals surface area contributed by atoms with Gasteiger partial charge in [0.15, 0.2) is 5.96 Å². The number of carbonyl (C=O) groups excluding carboxylic acids is 1. The van der Waals surface area contributed by atoms with Gasteiger partial charge in [0.1, 0.15) is 0 Å². The minimum absolute atomic E-state index is 0. The minimum Gasteiger partial charge on any atom is -0.355 e. The topological polar surface area (TPSA) is 56.7 Å². The Morgan fingerprint density at radius 2 is 2.39 bits per heavy atom. The van der Waals surface area contributed by atoms with Crippen LogP contribution in [0.4, 0.5) is 0 Å². The molecule has 1 aromatic heterocycles. The van der Waals surface area contributed by atoms with Crippen LogP contribution in [0.25, 0.3) is 0 Å². The number of hydrogen-bond acceptors (Lipinski definition) is 3. The van der Waals surface area contributed by atoms with Crippen LogP contribution in [0.1, 0.15) is 24.1 Å². The third-order valence-electron chi connectivity index (χ3n) is 4.42. The monoisotopic (exact) mass is 468 g/mol. The van der Waals surface area contributed by atoms with Crippen LogP contribution in [-0.4, -0.2) is 43.4 Å². The predicted molar refractivity (Wildman–Crippen MR) is 106 cm³/mol. The summed E-state index contributed by atoms with van der Waals surface area (Å²) in [7, 11) is 1.81. The van der Waals surface area contributed by atoms with Gasteiger partial charge in [-0.05, 0) is 25.0 Å². The molecule has 128 valence electrons. The molecule has 23 heavy (non-hydrogen) atoms. The molecule has 1 atom stereocenters. The Hall–Kier alpha value is -0.540. The molecule has 1 unspecified atom stereocenters. The quantitative estimate of drug-likeness (QED) is 0.399. The van der Waals surface area contributed by atoms with Gasteiger partial charge in [-0.1, -0.05) is 11.6 Å². The van der Waals surface area contributed by atoms with E-state index >= 15 is 0 Å². The number of thiophene rings is 1. The van der Waals surface area contributed by atoms with E-state index in [1.807, 2.05) is 19.2 Å². The van der Waals surface area contributed by atoms with Crippen LogP contribution in [0, 0.1) is 5.41 Å². The van der Waals surface area contributed by atoms with Gasteiger partial charge in [-0.3, -0.25) is 9.79 Å². The molecule has 5 nitrogen and oxygen atoms in total. The van der Waals surface area contributed by atoms with Crippen LogP contribution >= 0.6 is 46.9 Å². The Morgan fingerprint density at radius 1 is 1.57 bits per heavy atom. The molecule has 1 aromatic rings. The summed E-state index contributed by atoms with van der Waals surface area (Å²) in [6.07, 6.45) is 2.85. The van der Waals surface area contributed by atoms with Gasteiger partial charge in [-0.15, -0.1) is 35.3 Å². The lowest BCUT2D eigenvalue weighted by Crippen LogP contribution is -2.51. The molecule has 2 aliphatic heterocycles. The largest absolute Gasteiger partial charge is 0.355 e. The second kappa shape index (κ2) is 8.02. The summed E-state index contributed by atoms with van der Waals surface area (Å²) in [5.41, 5.74) is 0.0825. The maximum atomic E-state index is 11.6. The number of halogens is 2. The van der Waals surface area contributed by atoms with E-state index in [2.05, 4.69) is 20.5 Å². The van der Waals surface area contributed by atoms with E-state index in [9.17, 15) is 4.79 Å². The average Bonchev–Trinajstić information content (AvgIpc) is 3.06. The lowest BCUT2D eigenvalue weighted by molar-refractivity contribution is -0.119. The van der Waals surface area contributed by atoms with E-state index in [1.165, 1.54) is 4.88 Å². The third-order valence-corrected chi connectivity index (χ3v) is 5.65. The number of piperidine rings is 1. The van der Waals surface area contributed by atoms with Crippen molar-refractivity contribution in [2.45, 2.75) is 25.8 Å². The van der Waals surface area contributed by atoms with Gasteiger partial charge in [-0.25, -0.2) is 0 Å². The van der Waals surface area contributed by atoms with Gasteiger partial charge in [0.2, 0.25) is 5.91 Å². The smallest absolute Gasteiger partial charge is 0.220 e. The summed E-state index contributed by atoms with van der Waals surface area (Å²) in [4.78, 5) is 19.5. The molecule has 0 saturated carbocycles. The maximum Gasteiger partial charge on any atom is 0.220 e. The van der Waals surface area contributed by atoms with Crippen LogP contribution in [0.2, 0.25) is 4.34 Å². The first-order valence-corrected chi connectivity index (χ1v) is 8.76. The Bertz CT molecular complexity index is 594. The molecule has 0 radical (unpaired) electrons. The number of guanidine groups is 1. The van der Waals surface area contributed by atoms with E-state index in [0.29, 0.717) is 6.42 Å². The predicted octanol–water partition coefficient (Wildman–Crippen LogP) is 2.70. The molecule has 0 bridgehead atoms. The van der Waals surface area contributed by atoms with Crippen molar-refractivity contribution in [1.82, 2.24) is 15.5 Å². The van der Waals surface area contributed by atoms with E-state index in [4.69, 9.17) is 11.6 Å². The molecule has 1 amide bonds. The second-order valence-electron chi connectivity index (χ2n) is 6.09. The van der Waals surface area contributed by atoms with Gasteiger partial charge in [-0.2, -0.15) is 0 Å². The van der Waals surface area contributed by atoms with Crippen LogP contribution in [0.3, 0.4) is 0 Å². The standard InChI is InChI=1S/C15H21ClN4OS.HI/c1-17-14(18-8-11-3-4-12(16)22-11)20-6-2-5-15(10-20)7-13(21)19-9-15;/h3-4H,2,5-10H2,1H3,(H,17,18)(H,19,21);1H. The lowest BCUT2D eigenvalue weighted by atomic mass is 9.79. The number of amides is 1. The van der Waals surface area contributed by atoms with Crippen molar-refractivity contribution in [1.29, 1.82) is 0 Å². The number of carbonyl (C=O) groups is 1. The number of likely N-dealkylation sites (tertiary alicyclic amines) is 1. The summed E-state index contributed by atoms with van der Waals surface area (Å²) in [5, 5.41) is 6.39. The van der Waals surface area contributed by atoms with Crippen LogP contribution < -0.4 is 10.6 Å². The summed E-state index contributed by atoms with van der Waals surface area (Å²) >= 11 is 7.55. The average molecular weight is 469 g/mol. The molecule has 3 heterocycles. The molecule has 0 aromatic carbocycles. The van der Waals surface area contributed by atoms with Gasteiger partial charge < -0.3 is 15.5 Å². The number of aliphatic imine (C=N–C) groups is 1. The molecular formula is C15H22ClIN4OS. The first-order valence-electron chi connectivity index (χ1n) is 7.57. The molecule has 2 saturated heterocycles. The highest BCUT2D eigenvalue weighted by Crippen LogP contribution is 2.36. The molecule has 2 N–H and O–H groups in total. The number of nitrogens with one attached hydrogen (secondary N) is 2. The summed E-state index contributed by atoms with van der Waals surface area (Å²) < 4.78 is 0.805. The van der Waals surface area contributed by atoms with Crippen molar-refractivity contribution in [3.63, 3.8) is 0 Å². The van der Waals surface area contributed by atoms with Gasteiger partial charge in [0.25, 0.3) is 0 Å². The van der Waals surface area contributed by atoms with E-state index in [-0.39, 0.29) is 35.3 Å². The van der Waals surface area contributed by atoms with Crippen molar-refractivity contribution < 1.29 is 4.79 Å². The summed E-state index contributed by atoms with van der Waals surface area (Å²) in [6, 6.07) is 3.95. The van der Waals surface area contributed by atoms with Crippen molar-refractivity contribution in [2.75, 3.05) is 26.7 Å². The fraction of sp³-hybridized carbons (Fsp3) is 0.600. The first-order chi connectivity index (χ1) is 10.6. The molecule has 1 spiro atoms. The molecule has 2 aliphatic rings. The first kappa shape index (κ1) is 18.8.